The zero-order valence-electron chi connectivity index (χ0n) is 8.34. The molecule has 1 saturated heterocycles. The van der Waals surface area contributed by atoms with Crippen LogP contribution in [-0.4, -0.2) is 12.6 Å². The molecule has 1 fully saturated rings. The second-order valence-electron chi connectivity index (χ2n) is 3.90. The first-order valence-corrected chi connectivity index (χ1v) is 5.88. The van der Waals surface area contributed by atoms with E-state index in [9.17, 15) is 0 Å². The molecule has 0 spiro atoms. The Labute approximate surface area is 99.7 Å². The van der Waals surface area contributed by atoms with Crippen molar-refractivity contribution in [2.75, 3.05) is 6.54 Å². The van der Waals surface area contributed by atoms with Crippen molar-refractivity contribution in [2.24, 2.45) is 5.73 Å². The third-order valence-electron chi connectivity index (χ3n) is 2.86. The van der Waals surface area contributed by atoms with E-state index in [0.717, 1.165) is 18.5 Å². The number of hydrogen-bond donors (Lipinski definition) is 2. The van der Waals surface area contributed by atoms with E-state index in [1.807, 2.05) is 12.1 Å². The van der Waals surface area contributed by atoms with Crippen molar-refractivity contribution in [3.8, 4) is 0 Å². The molecule has 2 nitrogen and oxygen atoms in total. The Bertz CT molecular complexity index is 348. The van der Waals surface area contributed by atoms with E-state index in [1.165, 1.54) is 6.42 Å². The van der Waals surface area contributed by atoms with E-state index in [1.54, 1.807) is 6.07 Å². The molecule has 1 aliphatic rings. The largest absolute Gasteiger partial charge is 0.323 e. The van der Waals surface area contributed by atoms with Crippen LogP contribution in [0.5, 0.6) is 0 Å². The summed E-state index contributed by atoms with van der Waals surface area (Å²) in [6.45, 7) is 1.06. The first kappa shape index (κ1) is 11.2. The van der Waals surface area contributed by atoms with Crippen LogP contribution in [0.25, 0.3) is 0 Å². The molecule has 82 valence electrons. The average Bonchev–Trinajstić information content (AvgIpc) is 2.74. The van der Waals surface area contributed by atoms with Crippen molar-refractivity contribution >= 4 is 23.2 Å². The van der Waals surface area contributed by atoms with Crippen molar-refractivity contribution in [1.82, 2.24) is 5.32 Å². The smallest absolute Gasteiger partial charge is 0.0595 e. The highest BCUT2D eigenvalue weighted by Gasteiger charge is 2.22. The molecule has 4 heteroatoms. The van der Waals surface area contributed by atoms with Crippen molar-refractivity contribution in [2.45, 2.75) is 24.9 Å². The molecule has 1 aromatic carbocycles. The first-order valence-electron chi connectivity index (χ1n) is 5.12. The molecular formula is C11H14Cl2N2. The molecule has 0 unspecified atom stereocenters. The maximum atomic E-state index is 6.16. The molecule has 1 aliphatic heterocycles. The van der Waals surface area contributed by atoms with Gasteiger partial charge in [0.2, 0.25) is 0 Å². The molecule has 1 aromatic rings. The molecule has 0 aliphatic carbocycles. The minimum absolute atomic E-state index is 0.00210. The third-order valence-corrected chi connectivity index (χ3v) is 3.60. The number of halogens is 2. The molecule has 0 aromatic heterocycles. The zero-order valence-corrected chi connectivity index (χ0v) is 9.85. The van der Waals surface area contributed by atoms with Crippen LogP contribution in [0.4, 0.5) is 0 Å². The van der Waals surface area contributed by atoms with Gasteiger partial charge in [-0.2, -0.15) is 0 Å². The summed E-state index contributed by atoms with van der Waals surface area (Å²) in [5.74, 6) is 0. The average molecular weight is 245 g/mol. The van der Waals surface area contributed by atoms with Crippen molar-refractivity contribution in [3.05, 3.63) is 33.8 Å². The van der Waals surface area contributed by atoms with Gasteiger partial charge < -0.3 is 11.1 Å². The Kier molecular flexibility index (Phi) is 3.52. The minimum atomic E-state index is 0.00210. The zero-order chi connectivity index (χ0) is 10.8. The predicted molar refractivity (Wildman–Crippen MR) is 64.4 cm³/mol. The van der Waals surface area contributed by atoms with Crippen LogP contribution in [-0.2, 0) is 0 Å². The Morgan fingerprint density at radius 2 is 2.13 bits per heavy atom. The van der Waals surface area contributed by atoms with Gasteiger partial charge in [-0.15, -0.1) is 0 Å². The molecule has 0 amide bonds. The molecule has 0 radical (unpaired) electrons. The first-order chi connectivity index (χ1) is 7.18. The summed E-state index contributed by atoms with van der Waals surface area (Å²) in [6, 6.07) is 5.96. The van der Waals surface area contributed by atoms with E-state index in [0.29, 0.717) is 16.1 Å². The summed E-state index contributed by atoms with van der Waals surface area (Å²) in [5.41, 5.74) is 7.20. The maximum Gasteiger partial charge on any atom is 0.0595 e. The van der Waals surface area contributed by atoms with Gasteiger partial charge in [0.25, 0.3) is 0 Å². The van der Waals surface area contributed by atoms with Gasteiger partial charge in [-0.3, -0.25) is 0 Å². The van der Waals surface area contributed by atoms with Crippen LogP contribution in [0.15, 0.2) is 18.2 Å². The van der Waals surface area contributed by atoms with Crippen LogP contribution < -0.4 is 11.1 Å². The molecule has 0 saturated carbocycles. The summed E-state index contributed by atoms with van der Waals surface area (Å²) in [4.78, 5) is 0. The summed E-state index contributed by atoms with van der Waals surface area (Å²) >= 11 is 11.8. The highest BCUT2D eigenvalue weighted by atomic mass is 35.5. The molecule has 0 bridgehead atoms. The predicted octanol–water partition coefficient (Wildman–Crippen LogP) is 2.75. The van der Waals surface area contributed by atoms with Gasteiger partial charge in [-0.25, -0.2) is 0 Å². The number of nitrogens with two attached hydrogens (primary N) is 1. The number of nitrogens with one attached hydrogen (secondary N) is 1. The van der Waals surface area contributed by atoms with E-state index in [4.69, 9.17) is 28.9 Å². The minimum Gasteiger partial charge on any atom is -0.323 e. The molecule has 3 N–H and O–H groups in total. The lowest BCUT2D eigenvalue weighted by Gasteiger charge is -2.20. The lowest BCUT2D eigenvalue weighted by Crippen LogP contribution is -2.34. The fourth-order valence-corrected chi connectivity index (χ4v) is 2.28. The fourth-order valence-electron chi connectivity index (χ4n) is 1.97. The van der Waals surface area contributed by atoms with E-state index in [2.05, 4.69) is 5.32 Å². The summed E-state index contributed by atoms with van der Waals surface area (Å²) in [6.07, 6.45) is 2.32. The van der Waals surface area contributed by atoms with Crippen molar-refractivity contribution < 1.29 is 0 Å². The van der Waals surface area contributed by atoms with Gasteiger partial charge in [0, 0.05) is 12.1 Å². The van der Waals surface area contributed by atoms with E-state index < -0.39 is 0 Å². The van der Waals surface area contributed by atoms with Gasteiger partial charge in [-0.05, 0) is 37.1 Å². The van der Waals surface area contributed by atoms with Crippen molar-refractivity contribution in [1.29, 1.82) is 0 Å². The fraction of sp³-hybridized carbons (Fsp3) is 0.455. The Morgan fingerprint density at radius 1 is 1.33 bits per heavy atom. The maximum absolute atomic E-state index is 6.16. The topological polar surface area (TPSA) is 38.0 Å². The Morgan fingerprint density at radius 3 is 2.73 bits per heavy atom. The van der Waals surface area contributed by atoms with Crippen LogP contribution in [0.2, 0.25) is 10.0 Å². The second-order valence-corrected chi connectivity index (χ2v) is 4.72. The van der Waals surface area contributed by atoms with Gasteiger partial charge in [0.15, 0.2) is 0 Å². The monoisotopic (exact) mass is 244 g/mol. The SMILES string of the molecule is N[C@H](c1ccc(Cl)c(Cl)c1)[C@@H]1CCCN1. The standard InChI is InChI=1S/C11H14Cl2N2/c12-8-4-3-7(6-9(8)13)11(14)10-2-1-5-15-10/h3-4,6,10-11,15H,1-2,5,14H2/t10-,11+/m0/s1. The van der Waals surface area contributed by atoms with Crippen LogP contribution in [0.1, 0.15) is 24.4 Å². The number of rotatable bonds is 2. The molecule has 15 heavy (non-hydrogen) atoms. The van der Waals surface area contributed by atoms with Crippen LogP contribution >= 0.6 is 23.2 Å². The molecule has 2 atom stereocenters. The summed E-state index contributed by atoms with van der Waals surface area (Å²) < 4.78 is 0. The Hall–Kier alpha value is -0.280. The van der Waals surface area contributed by atoms with Gasteiger partial charge in [0.05, 0.1) is 10.0 Å². The number of hydrogen-bond acceptors (Lipinski definition) is 2. The van der Waals surface area contributed by atoms with Crippen LogP contribution in [0.3, 0.4) is 0 Å². The molecule has 2 rings (SSSR count). The van der Waals surface area contributed by atoms with Crippen LogP contribution in [0, 0.1) is 0 Å². The second kappa shape index (κ2) is 4.71. The normalized spacial score (nSPS) is 23.0. The third kappa shape index (κ3) is 2.45. The van der Waals surface area contributed by atoms with Gasteiger partial charge in [0.1, 0.15) is 0 Å². The lowest BCUT2D eigenvalue weighted by molar-refractivity contribution is 0.501. The Balaban J connectivity index is 2.17. The quantitative estimate of drug-likeness (QED) is 0.840. The summed E-state index contributed by atoms with van der Waals surface area (Å²) in [5, 5.41) is 4.54. The van der Waals surface area contributed by atoms with E-state index in [-0.39, 0.29) is 6.04 Å². The van der Waals surface area contributed by atoms with Crippen molar-refractivity contribution in [3.63, 3.8) is 0 Å². The molecule has 1 heterocycles. The van der Waals surface area contributed by atoms with E-state index >= 15 is 0 Å². The molecular weight excluding hydrogens is 231 g/mol. The lowest BCUT2D eigenvalue weighted by atomic mass is 9.99. The van der Waals surface area contributed by atoms with Gasteiger partial charge >= 0.3 is 0 Å². The number of benzene rings is 1. The summed E-state index contributed by atoms with van der Waals surface area (Å²) in [7, 11) is 0. The highest BCUT2D eigenvalue weighted by Crippen LogP contribution is 2.27. The highest BCUT2D eigenvalue weighted by molar-refractivity contribution is 6.42. The van der Waals surface area contributed by atoms with Gasteiger partial charge in [-0.1, -0.05) is 29.3 Å².